The number of aryl methyl sites for hydroxylation is 1. The molecule has 2 aromatic heterocycles. The highest BCUT2D eigenvalue weighted by atomic mass is 15.3. The summed E-state index contributed by atoms with van der Waals surface area (Å²) in [5.74, 6) is 0.885. The Bertz CT molecular complexity index is 489. The molecule has 0 aliphatic rings. The Kier molecular flexibility index (Phi) is 2.92. The van der Waals surface area contributed by atoms with Crippen molar-refractivity contribution in [3.63, 3.8) is 0 Å². The summed E-state index contributed by atoms with van der Waals surface area (Å²) in [6, 6.07) is 1.95. The summed E-state index contributed by atoms with van der Waals surface area (Å²) in [4.78, 5) is 0. The molecular weight excluding hydrogens is 214 g/mol. The quantitative estimate of drug-likeness (QED) is 0.882. The van der Waals surface area contributed by atoms with Crippen molar-refractivity contribution in [1.29, 1.82) is 0 Å². The number of hydrogen-bond acceptors (Lipinski definition) is 3. The van der Waals surface area contributed by atoms with Crippen LogP contribution in [0.3, 0.4) is 0 Å². The second-order valence-corrected chi connectivity index (χ2v) is 5.19. The lowest BCUT2D eigenvalue weighted by molar-refractivity contribution is 0.355. The van der Waals surface area contributed by atoms with Crippen molar-refractivity contribution in [2.75, 3.05) is 5.32 Å². The average Bonchev–Trinajstić information content (AvgIpc) is 2.82. The van der Waals surface area contributed by atoms with E-state index in [9.17, 15) is 0 Å². The summed E-state index contributed by atoms with van der Waals surface area (Å²) in [5, 5.41) is 11.9. The van der Waals surface area contributed by atoms with Crippen molar-refractivity contribution >= 4 is 5.82 Å². The van der Waals surface area contributed by atoms with E-state index >= 15 is 0 Å². The van der Waals surface area contributed by atoms with Crippen molar-refractivity contribution in [3.8, 4) is 0 Å². The van der Waals surface area contributed by atoms with Gasteiger partial charge in [-0.25, -0.2) is 0 Å². The van der Waals surface area contributed by atoms with Crippen LogP contribution in [-0.2, 0) is 19.1 Å². The molecule has 17 heavy (non-hydrogen) atoms. The molecule has 5 nitrogen and oxygen atoms in total. The van der Waals surface area contributed by atoms with Crippen LogP contribution in [0, 0.1) is 0 Å². The van der Waals surface area contributed by atoms with Gasteiger partial charge in [-0.2, -0.15) is 10.2 Å². The van der Waals surface area contributed by atoms with E-state index in [0.717, 1.165) is 17.9 Å². The number of anilines is 1. The smallest absolute Gasteiger partial charge is 0.148 e. The molecule has 92 valence electrons. The van der Waals surface area contributed by atoms with E-state index in [-0.39, 0.29) is 5.54 Å². The van der Waals surface area contributed by atoms with Crippen LogP contribution in [0.5, 0.6) is 0 Å². The van der Waals surface area contributed by atoms with Crippen LogP contribution >= 0.6 is 0 Å². The Hall–Kier alpha value is -1.78. The molecule has 0 saturated carbocycles. The molecule has 0 spiro atoms. The van der Waals surface area contributed by atoms with Crippen LogP contribution in [0.2, 0.25) is 0 Å². The molecule has 1 N–H and O–H groups in total. The first kappa shape index (κ1) is 11.7. The Morgan fingerprint density at radius 2 is 2.12 bits per heavy atom. The van der Waals surface area contributed by atoms with E-state index in [1.165, 1.54) is 0 Å². The van der Waals surface area contributed by atoms with Gasteiger partial charge in [0.05, 0.1) is 11.7 Å². The van der Waals surface area contributed by atoms with E-state index in [2.05, 4.69) is 42.5 Å². The molecule has 0 amide bonds. The topological polar surface area (TPSA) is 47.7 Å². The molecule has 0 fully saturated rings. The van der Waals surface area contributed by atoms with Crippen molar-refractivity contribution in [2.45, 2.75) is 32.9 Å². The second kappa shape index (κ2) is 4.24. The molecular formula is C12H19N5. The van der Waals surface area contributed by atoms with Gasteiger partial charge in [-0.1, -0.05) is 0 Å². The molecule has 0 aromatic carbocycles. The molecule has 0 bridgehead atoms. The first-order valence-electron chi connectivity index (χ1n) is 5.73. The summed E-state index contributed by atoms with van der Waals surface area (Å²) < 4.78 is 3.75. The number of nitrogens with zero attached hydrogens (tertiary/aromatic N) is 4. The minimum Gasteiger partial charge on any atom is -0.364 e. The zero-order valence-electron chi connectivity index (χ0n) is 10.8. The van der Waals surface area contributed by atoms with Gasteiger partial charge in [0.1, 0.15) is 5.82 Å². The molecule has 0 saturated heterocycles. The van der Waals surface area contributed by atoms with E-state index in [4.69, 9.17) is 0 Å². The SMILES string of the molecule is Cn1ccc(NCc2cnn(C(C)(C)C)c2)n1. The molecule has 2 aromatic rings. The van der Waals surface area contributed by atoms with Crippen LogP contribution in [0.15, 0.2) is 24.7 Å². The van der Waals surface area contributed by atoms with Gasteiger partial charge in [-0.3, -0.25) is 9.36 Å². The highest BCUT2D eigenvalue weighted by Crippen LogP contribution is 2.13. The number of rotatable bonds is 3. The fourth-order valence-electron chi connectivity index (χ4n) is 1.52. The minimum absolute atomic E-state index is 0.0310. The highest BCUT2D eigenvalue weighted by molar-refractivity contribution is 5.33. The zero-order chi connectivity index (χ0) is 12.5. The van der Waals surface area contributed by atoms with Crippen molar-refractivity contribution in [2.24, 2.45) is 7.05 Å². The Labute approximate surface area is 101 Å². The van der Waals surface area contributed by atoms with Gasteiger partial charge in [0.15, 0.2) is 0 Å². The van der Waals surface area contributed by atoms with Crippen LogP contribution in [0.25, 0.3) is 0 Å². The maximum absolute atomic E-state index is 4.36. The van der Waals surface area contributed by atoms with Crippen molar-refractivity contribution < 1.29 is 0 Å². The van der Waals surface area contributed by atoms with Gasteiger partial charge in [-0.05, 0) is 20.8 Å². The fourth-order valence-corrected chi connectivity index (χ4v) is 1.52. The summed E-state index contributed by atoms with van der Waals surface area (Å²) >= 11 is 0. The van der Waals surface area contributed by atoms with Crippen LogP contribution < -0.4 is 5.32 Å². The van der Waals surface area contributed by atoms with Gasteiger partial charge in [0.2, 0.25) is 0 Å². The first-order valence-corrected chi connectivity index (χ1v) is 5.73. The van der Waals surface area contributed by atoms with Gasteiger partial charge in [0, 0.05) is 37.6 Å². The third kappa shape index (κ3) is 2.87. The second-order valence-electron chi connectivity index (χ2n) is 5.19. The molecule has 0 unspecified atom stereocenters. The largest absolute Gasteiger partial charge is 0.364 e. The molecule has 0 atom stereocenters. The molecule has 0 aliphatic carbocycles. The lowest BCUT2D eigenvalue weighted by Crippen LogP contribution is -2.21. The third-order valence-corrected chi connectivity index (χ3v) is 2.51. The summed E-state index contributed by atoms with van der Waals surface area (Å²) in [7, 11) is 1.91. The van der Waals surface area contributed by atoms with Crippen molar-refractivity contribution in [1.82, 2.24) is 19.6 Å². The number of aromatic nitrogens is 4. The lowest BCUT2D eigenvalue weighted by Gasteiger charge is -2.18. The fraction of sp³-hybridized carbons (Fsp3) is 0.500. The molecule has 0 aliphatic heterocycles. The number of hydrogen-bond donors (Lipinski definition) is 1. The maximum Gasteiger partial charge on any atom is 0.148 e. The normalized spacial score (nSPS) is 11.8. The molecule has 2 rings (SSSR count). The Morgan fingerprint density at radius 3 is 2.65 bits per heavy atom. The maximum atomic E-state index is 4.36. The summed E-state index contributed by atoms with van der Waals surface area (Å²) in [6.07, 6.45) is 5.87. The lowest BCUT2D eigenvalue weighted by atomic mass is 10.1. The van der Waals surface area contributed by atoms with E-state index in [1.54, 1.807) is 4.68 Å². The van der Waals surface area contributed by atoms with E-state index in [1.807, 2.05) is 30.2 Å². The monoisotopic (exact) mass is 233 g/mol. The molecule has 2 heterocycles. The summed E-state index contributed by atoms with van der Waals surface area (Å²) in [6.45, 7) is 7.15. The van der Waals surface area contributed by atoms with E-state index < -0.39 is 0 Å². The predicted molar refractivity (Wildman–Crippen MR) is 67.8 cm³/mol. The average molecular weight is 233 g/mol. The molecule has 5 heteroatoms. The van der Waals surface area contributed by atoms with Crippen LogP contribution in [0.1, 0.15) is 26.3 Å². The predicted octanol–water partition coefficient (Wildman–Crippen LogP) is 1.98. The van der Waals surface area contributed by atoms with Gasteiger partial charge < -0.3 is 5.32 Å². The van der Waals surface area contributed by atoms with Gasteiger partial charge in [0.25, 0.3) is 0 Å². The van der Waals surface area contributed by atoms with Crippen molar-refractivity contribution in [3.05, 3.63) is 30.2 Å². The standard InChI is InChI=1S/C12H19N5/c1-12(2,3)17-9-10(8-14-17)7-13-11-5-6-16(4)15-11/h5-6,8-9H,7H2,1-4H3,(H,13,15). The number of nitrogens with one attached hydrogen (secondary N) is 1. The molecule has 0 radical (unpaired) electrons. The van der Waals surface area contributed by atoms with Crippen LogP contribution in [0.4, 0.5) is 5.82 Å². The zero-order valence-corrected chi connectivity index (χ0v) is 10.8. The van der Waals surface area contributed by atoms with Crippen LogP contribution in [-0.4, -0.2) is 19.6 Å². The van der Waals surface area contributed by atoms with E-state index in [0.29, 0.717) is 0 Å². The Balaban J connectivity index is 1.98. The van der Waals surface area contributed by atoms with Gasteiger partial charge in [-0.15, -0.1) is 0 Å². The van der Waals surface area contributed by atoms with Gasteiger partial charge >= 0.3 is 0 Å². The minimum atomic E-state index is 0.0310. The Morgan fingerprint density at radius 1 is 1.35 bits per heavy atom. The first-order chi connectivity index (χ1) is 7.95. The highest BCUT2D eigenvalue weighted by Gasteiger charge is 2.13. The third-order valence-electron chi connectivity index (χ3n) is 2.51. The summed E-state index contributed by atoms with van der Waals surface area (Å²) in [5.41, 5.74) is 1.19.